The molecule has 1 aliphatic rings. The first-order valence-electron chi connectivity index (χ1n) is 4.98. The summed E-state index contributed by atoms with van der Waals surface area (Å²) in [4.78, 5) is 12.5. The highest BCUT2D eigenvalue weighted by Gasteiger charge is 2.20. The number of hydrogen-bond acceptors (Lipinski definition) is 2. The van der Waals surface area contributed by atoms with E-state index < -0.39 is 0 Å². The quantitative estimate of drug-likeness (QED) is 0.751. The standard InChI is InChI=1S/C11H13FN2O/c1-13-10-6-9(12)5-8-3-2-4-14(7-15)11(8)10/h5-7,13H,2-4H2,1H3. The zero-order valence-corrected chi connectivity index (χ0v) is 8.59. The third-order valence-corrected chi connectivity index (χ3v) is 2.68. The number of nitrogens with one attached hydrogen (secondary N) is 1. The Labute approximate surface area is 87.9 Å². The van der Waals surface area contributed by atoms with Crippen molar-refractivity contribution in [2.75, 3.05) is 23.8 Å². The number of aryl methyl sites for hydroxylation is 1. The van der Waals surface area contributed by atoms with E-state index in [0.717, 1.165) is 30.5 Å². The molecule has 1 amide bonds. The van der Waals surface area contributed by atoms with Crippen molar-refractivity contribution in [3.05, 3.63) is 23.5 Å². The van der Waals surface area contributed by atoms with Crippen molar-refractivity contribution < 1.29 is 9.18 Å². The molecule has 1 aliphatic heterocycles. The molecular weight excluding hydrogens is 195 g/mol. The average molecular weight is 208 g/mol. The summed E-state index contributed by atoms with van der Waals surface area (Å²) in [5.74, 6) is -0.258. The summed E-state index contributed by atoms with van der Waals surface area (Å²) in [6.45, 7) is 0.705. The summed E-state index contributed by atoms with van der Waals surface area (Å²) in [6, 6.07) is 2.92. The largest absolute Gasteiger partial charge is 0.386 e. The van der Waals surface area contributed by atoms with Crippen LogP contribution in [0, 0.1) is 5.82 Å². The van der Waals surface area contributed by atoms with Gasteiger partial charge in [0.25, 0.3) is 0 Å². The van der Waals surface area contributed by atoms with Crippen LogP contribution >= 0.6 is 0 Å². The highest BCUT2D eigenvalue weighted by Crippen LogP contribution is 2.34. The van der Waals surface area contributed by atoms with Crippen LogP contribution in [-0.4, -0.2) is 20.0 Å². The molecule has 3 nitrogen and oxygen atoms in total. The summed E-state index contributed by atoms with van der Waals surface area (Å²) >= 11 is 0. The summed E-state index contributed by atoms with van der Waals surface area (Å²) in [5, 5.41) is 2.92. The molecule has 1 aromatic carbocycles. The maximum absolute atomic E-state index is 13.2. The van der Waals surface area contributed by atoms with Crippen LogP contribution in [0.2, 0.25) is 0 Å². The lowest BCUT2D eigenvalue weighted by Gasteiger charge is -2.28. The lowest BCUT2D eigenvalue weighted by atomic mass is 10.0. The van der Waals surface area contributed by atoms with Crippen LogP contribution in [0.5, 0.6) is 0 Å². The van der Waals surface area contributed by atoms with Gasteiger partial charge in [0.05, 0.1) is 11.4 Å². The van der Waals surface area contributed by atoms with Crippen LogP contribution in [0.1, 0.15) is 12.0 Å². The number of hydrogen-bond donors (Lipinski definition) is 1. The molecular formula is C11H13FN2O. The van der Waals surface area contributed by atoms with Crippen molar-refractivity contribution in [2.45, 2.75) is 12.8 Å². The second-order valence-corrected chi connectivity index (χ2v) is 3.61. The van der Waals surface area contributed by atoms with Gasteiger partial charge in [0.15, 0.2) is 0 Å². The Kier molecular flexibility index (Phi) is 2.58. The molecule has 0 saturated carbocycles. The van der Waals surface area contributed by atoms with Gasteiger partial charge in [-0.05, 0) is 30.5 Å². The second kappa shape index (κ2) is 3.88. The zero-order valence-electron chi connectivity index (χ0n) is 8.59. The molecule has 0 fully saturated rings. The normalized spacial score (nSPS) is 14.7. The van der Waals surface area contributed by atoms with Gasteiger partial charge in [-0.2, -0.15) is 0 Å². The minimum atomic E-state index is -0.258. The number of anilines is 2. The average Bonchev–Trinajstić information content (AvgIpc) is 2.26. The van der Waals surface area contributed by atoms with Gasteiger partial charge in [0, 0.05) is 13.6 Å². The minimum absolute atomic E-state index is 0.258. The third kappa shape index (κ3) is 1.67. The van der Waals surface area contributed by atoms with Crippen molar-refractivity contribution in [1.82, 2.24) is 0 Å². The van der Waals surface area contributed by atoms with Gasteiger partial charge >= 0.3 is 0 Å². The van der Waals surface area contributed by atoms with E-state index in [4.69, 9.17) is 0 Å². The van der Waals surface area contributed by atoms with E-state index in [1.54, 1.807) is 11.9 Å². The Hall–Kier alpha value is -1.58. The molecule has 0 aromatic heterocycles. The highest BCUT2D eigenvalue weighted by atomic mass is 19.1. The molecule has 0 unspecified atom stereocenters. The molecule has 1 heterocycles. The zero-order chi connectivity index (χ0) is 10.8. The number of amides is 1. The molecule has 0 saturated heterocycles. The molecule has 0 spiro atoms. The molecule has 0 aliphatic carbocycles. The summed E-state index contributed by atoms with van der Waals surface area (Å²) in [7, 11) is 1.73. The third-order valence-electron chi connectivity index (χ3n) is 2.68. The Morgan fingerprint density at radius 2 is 2.33 bits per heavy atom. The number of benzene rings is 1. The first-order valence-corrected chi connectivity index (χ1v) is 4.98. The van der Waals surface area contributed by atoms with E-state index in [9.17, 15) is 9.18 Å². The molecule has 0 atom stereocenters. The van der Waals surface area contributed by atoms with E-state index in [2.05, 4.69) is 5.32 Å². The molecule has 2 rings (SSSR count). The van der Waals surface area contributed by atoms with Crippen molar-refractivity contribution in [3.63, 3.8) is 0 Å². The van der Waals surface area contributed by atoms with Gasteiger partial charge in [0.1, 0.15) is 5.82 Å². The Balaban J connectivity index is 2.57. The Morgan fingerprint density at radius 1 is 1.53 bits per heavy atom. The van der Waals surface area contributed by atoms with Gasteiger partial charge < -0.3 is 10.2 Å². The number of fused-ring (bicyclic) bond motifs is 1. The number of halogens is 1. The minimum Gasteiger partial charge on any atom is -0.386 e. The first kappa shape index (κ1) is 9.96. The van der Waals surface area contributed by atoms with E-state index >= 15 is 0 Å². The van der Waals surface area contributed by atoms with Gasteiger partial charge in [-0.15, -0.1) is 0 Å². The SMILES string of the molecule is CNc1cc(F)cc2c1N(C=O)CCC2. The lowest BCUT2D eigenvalue weighted by molar-refractivity contribution is -0.107. The number of carbonyl (C=O) groups is 1. The molecule has 4 heteroatoms. The number of carbonyl (C=O) groups excluding carboxylic acids is 1. The van der Waals surface area contributed by atoms with Crippen molar-refractivity contribution >= 4 is 17.8 Å². The molecule has 15 heavy (non-hydrogen) atoms. The predicted octanol–water partition coefficient (Wildman–Crippen LogP) is 1.78. The monoisotopic (exact) mass is 208 g/mol. The van der Waals surface area contributed by atoms with E-state index in [-0.39, 0.29) is 5.82 Å². The van der Waals surface area contributed by atoms with Crippen molar-refractivity contribution in [3.8, 4) is 0 Å². The fourth-order valence-electron chi connectivity index (χ4n) is 2.03. The summed E-state index contributed by atoms with van der Waals surface area (Å²) in [5.41, 5.74) is 2.40. The van der Waals surface area contributed by atoms with E-state index in [1.165, 1.54) is 12.1 Å². The summed E-state index contributed by atoms with van der Waals surface area (Å²) in [6.07, 6.45) is 2.52. The Bertz CT molecular complexity index is 375. The topological polar surface area (TPSA) is 32.3 Å². The van der Waals surface area contributed by atoms with Crippen molar-refractivity contribution in [2.24, 2.45) is 0 Å². The summed E-state index contributed by atoms with van der Waals surface area (Å²) < 4.78 is 13.2. The van der Waals surface area contributed by atoms with Gasteiger partial charge in [-0.25, -0.2) is 4.39 Å². The first-order chi connectivity index (χ1) is 7.26. The number of nitrogens with zero attached hydrogens (tertiary/aromatic N) is 1. The number of rotatable bonds is 2. The maximum atomic E-state index is 13.2. The second-order valence-electron chi connectivity index (χ2n) is 3.61. The van der Waals surface area contributed by atoms with E-state index in [0.29, 0.717) is 12.2 Å². The van der Waals surface area contributed by atoms with E-state index in [1.807, 2.05) is 0 Å². The van der Waals surface area contributed by atoms with Crippen LogP contribution in [0.4, 0.5) is 15.8 Å². The van der Waals surface area contributed by atoms with Gasteiger partial charge in [0.2, 0.25) is 6.41 Å². The predicted molar refractivity (Wildman–Crippen MR) is 57.7 cm³/mol. The molecule has 80 valence electrons. The van der Waals surface area contributed by atoms with Crippen LogP contribution in [0.15, 0.2) is 12.1 Å². The van der Waals surface area contributed by atoms with Gasteiger partial charge in [-0.3, -0.25) is 4.79 Å². The molecule has 0 bridgehead atoms. The Morgan fingerprint density at radius 3 is 3.00 bits per heavy atom. The maximum Gasteiger partial charge on any atom is 0.214 e. The lowest BCUT2D eigenvalue weighted by Crippen LogP contribution is -2.28. The molecule has 1 aromatic rings. The van der Waals surface area contributed by atoms with Crippen molar-refractivity contribution in [1.29, 1.82) is 0 Å². The van der Waals surface area contributed by atoms with Crippen LogP contribution < -0.4 is 10.2 Å². The van der Waals surface area contributed by atoms with Crippen LogP contribution in [0.25, 0.3) is 0 Å². The molecule has 1 N–H and O–H groups in total. The van der Waals surface area contributed by atoms with Crippen LogP contribution in [-0.2, 0) is 11.2 Å². The fraction of sp³-hybridized carbons (Fsp3) is 0.364. The highest BCUT2D eigenvalue weighted by molar-refractivity contribution is 5.86. The van der Waals surface area contributed by atoms with Crippen LogP contribution in [0.3, 0.4) is 0 Å². The van der Waals surface area contributed by atoms with Gasteiger partial charge in [-0.1, -0.05) is 0 Å². The molecule has 0 radical (unpaired) electrons. The smallest absolute Gasteiger partial charge is 0.214 e. The fourth-order valence-corrected chi connectivity index (χ4v) is 2.03.